The van der Waals surface area contributed by atoms with Gasteiger partial charge >= 0.3 is 0 Å². The van der Waals surface area contributed by atoms with E-state index in [1.807, 2.05) is 29.2 Å². The van der Waals surface area contributed by atoms with Gasteiger partial charge in [-0.1, -0.05) is 36.4 Å². The highest BCUT2D eigenvalue weighted by Gasteiger charge is 2.20. The van der Waals surface area contributed by atoms with E-state index < -0.39 is 0 Å². The largest absolute Gasteiger partial charge is 0.358 e. The molecule has 1 heterocycles. The van der Waals surface area contributed by atoms with E-state index in [0.29, 0.717) is 30.3 Å². The summed E-state index contributed by atoms with van der Waals surface area (Å²) in [7, 11) is 0. The lowest BCUT2D eigenvalue weighted by Gasteiger charge is -2.19. The Kier molecular flexibility index (Phi) is 5.60. The molecule has 0 spiro atoms. The molecule has 0 radical (unpaired) electrons. The number of hydrogen-bond acceptors (Lipinski definition) is 2. The molecule has 2 aromatic carbocycles. The fourth-order valence-corrected chi connectivity index (χ4v) is 3.05. The Labute approximate surface area is 152 Å². The number of anilines is 1. The number of hydrogen-bond donors (Lipinski definition) is 2. The van der Waals surface area contributed by atoms with Gasteiger partial charge in [0.15, 0.2) is 5.11 Å². The third-order valence-electron chi connectivity index (χ3n) is 4.21. The fourth-order valence-electron chi connectivity index (χ4n) is 2.87. The number of rotatable bonds is 5. The molecule has 3 rings (SSSR count). The van der Waals surface area contributed by atoms with Crippen molar-refractivity contribution in [2.75, 3.05) is 11.9 Å². The number of carbonyl (C=O) groups excluding carboxylic acids is 1. The van der Waals surface area contributed by atoms with Crippen LogP contribution in [0.5, 0.6) is 0 Å². The summed E-state index contributed by atoms with van der Waals surface area (Å²) in [4.78, 5) is 13.7. The van der Waals surface area contributed by atoms with Crippen LogP contribution in [-0.2, 0) is 17.9 Å². The van der Waals surface area contributed by atoms with Crippen molar-refractivity contribution in [1.29, 1.82) is 0 Å². The lowest BCUT2D eigenvalue weighted by Crippen LogP contribution is -2.29. The van der Waals surface area contributed by atoms with Crippen LogP contribution in [0, 0.1) is 5.82 Å². The van der Waals surface area contributed by atoms with E-state index in [2.05, 4.69) is 10.6 Å². The Hall–Kier alpha value is -2.47. The first-order valence-electron chi connectivity index (χ1n) is 8.27. The number of thiocarbonyl (C=S) groups is 1. The molecule has 4 nitrogen and oxygen atoms in total. The molecule has 1 amide bonds. The Morgan fingerprint density at radius 1 is 1.12 bits per heavy atom. The molecule has 6 heteroatoms. The number of para-hydroxylation sites is 1. The molecule has 25 heavy (non-hydrogen) atoms. The Bertz CT molecular complexity index is 781. The lowest BCUT2D eigenvalue weighted by atomic mass is 10.1. The van der Waals surface area contributed by atoms with Gasteiger partial charge in [0.25, 0.3) is 0 Å². The Balaban J connectivity index is 1.60. The van der Waals surface area contributed by atoms with Crippen LogP contribution in [0.1, 0.15) is 24.0 Å². The quantitative estimate of drug-likeness (QED) is 0.805. The summed E-state index contributed by atoms with van der Waals surface area (Å²) in [5, 5.41) is 6.32. The summed E-state index contributed by atoms with van der Waals surface area (Å²) in [5.41, 5.74) is 2.51. The van der Waals surface area contributed by atoms with Crippen molar-refractivity contribution in [2.45, 2.75) is 25.9 Å². The normalized spacial score (nSPS) is 13.8. The van der Waals surface area contributed by atoms with E-state index in [0.717, 1.165) is 24.1 Å². The fraction of sp³-hybridized carbons (Fsp3) is 0.263. The second-order valence-corrected chi connectivity index (χ2v) is 6.38. The third-order valence-corrected chi connectivity index (χ3v) is 4.46. The summed E-state index contributed by atoms with van der Waals surface area (Å²) in [5.74, 6) is -0.140. The van der Waals surface area contributed by atoms with Crippen LogP contribution in [0.3, 0.4) is 0 Å². The van der Waals surface area contributed by atoms with Crippen molar-refractivity contribution >= 4 is 28.9 Å². The maximum atomic E-state index is 13.7. The lowest BCUT2D eigenvalue weighted by molar-refractivity contribution is -0.128. The highest BCUT2D eigenvalue weighted by atomic mass is 32.1. The maximum Gasteiger partial charge on any atom is 0.222 e. The zero-order chi connectivity index (χ0) is 17.6. The van der Waals surface area contributed by atoms with Gasteiger partial charge in [-0.15, -0.1) is 0 Å². The van der Waals surface area contributed by atoms with E-state index in [4.69, 9.17) is 12.2 Å². The number of benzene rings is 2. The van der Waals surface area contributed by atoms with Gasteiger partial charge in [-0.2, -0.15) is 0 Å². The highest BCUT2D eigenvalue weighted by molar-refractivity contribution is 7.80. The summed E-state index contributed by atoms with van der Waals surface area (Å²) in [6.07, 6.45) is 1.56. The van der Waals surface area contributed by atoms with Crippen molar-refractivity contribution < 1.29 is 9.18 Å². The first-order chi connectivity index (χ1) is 12.1. The van der Waals surface area contributed by atoms with E-state index in [-0.39, 0.29) is 11.7 Å². The third kappa shape index (κ3) is 4.54. The molecular formula is C19H20FN3OS. The average Bonchev–Trinajstić information content (AvgIpc) is 3.01. The zero-order valence-electron chi connectivity index (χ0n) is 13.8. The average molecular weight is 357 g/mol. The van der Waals surface area contributed by atoms with E-state index in [1.165, 1.54) is 6.07 Å². The second-order valence-electron chi connectivity index (χ2n) is 5.98. The standard InChI is InChI=1S/C19H20FN3OS/c20-16-8-3-4-9-17(16)22-19(25)21-12-14-6-1-2-7-15(14)13-23-11-5-10-18(23)24/h1-4,6-9H,5,10-13H2,(H2,21,22,25). The van der Waals surface area contributed by atoms with Crippen LogP contribution < -0.4 is 10.6 Å². The second kappa shape index (κ2) is 8.07. The van der Waals surface area contributed by atoms with Crippen molar-refractivity contribution in [2.24, 2.45) is 0 Å². The first kappa shape index (κ1) is 17.4. The van der Waals surface area contributed by atoms with Gasteiger partial charge in [0.1, 0.15) is 5.82 Å². The number of halogens is 1. The van der Waals surface area contributed by atoms with Crippen LogP contribution in [0.25, 0.3) is 0 Å². The summed E-state index contributed by atoms with van der Waals surface area (Å²) >= 11 is 5.25. The van der Waals surface area contributed by atoms with Gasteiger partial charge in [0, 0.05) is 26.1 Å². The minimum Gasteiger partial charge on any atom is -0.358 e. The Morgan fingerprint density at radius 3 is 2.56 bits per heavy atom. The van der Waals surface area contributed by atoms with Gasteiger partial charge in [-0.3, -0.25) is 4.79 Å². The SMILES string of the molecule is O=C1CCCN1Cc1ccccc1CNC(=S)Nc1ccccc1F. The highest BCUT2D eigenvalue weighted by Crippen LogP contribution is 2.17. The van der Waals surface area contributed by atoms with Crippen LogP contribution in [-0.4, -0.2) is 22.5 Å². The monoisotopic (exact) mass is 357 g/mol. The number of nitrogens with zero attached hydrogens (tertiary/aromatic N) is 1. The molecule has 0 atom stereocenters. The predicted molar refractivity (Wildman–Crippen MR) is 101 cm³/mol. The minimum absolute atomic E-state index is 0.208. The van der Waals surface area contributed by atoms with Gasteiger partial charge in [-0.05, 0) is 41.9 Å². The van der Waals surface area contributed by atoms with Gasteiger partial charge < -0.3 is 15.5 Å². The minimum atomic E-state index is -0.348. The van der Waals surface area contributed by atoms with Crippen molar-refractivity contribution in [1.82, 2.24) is 10.2 Å². The Morgan fingerprint density at radius 2 is 1.84 bits per heavy atom. The van der Waals surface area contributed by atoms with Crippen LogP contribution >= 0.6 is 12.2 Å². The van der Waals surface area contributed by atoms with Gasteiger partial charge in [0.2, 0.25) is 5.91 Å². The molecule has 2 aromatic rings. The smallest absolute Gasteiger partial charge is 0.222 e. The van der Waals surface area contributed by atoms with Crippen LogP contribution in [0.4, 0.5) is 10.1 Å². The topological polar surface area (TPSA) is 44.4 Å². The first-order valence-corrected chi connectivity index (χ1v) is 8.68. The van der Waals surface area contributed by atoms with Crippen molar-refractivity contribution in [3.05, 3.63) is 65.5 Å². The maximum absolute atomic E-state index is 13.7. The summed E-state index contributed by atoms with van der Waals surface area (Å²) < 4.78 is 13.7. The van der Waals surface area contributed by atoms with Gasteiger partial charge in [-0.25, -0.2) is 4.39 Å². The molecule has 0 saturated carbocycles. The molecule has 1 aliphatic heterocycles. The molecule has 0 aliphatic carbocycles. The zero-order valence-corrected chi connectivity index (χ0v) is 14.6. The van der Waals surface area contributed by atoms with E-state index >= 15 is 0 Å². The van der Waals surface area contributed by atoms with Crippen molar-refractivity contribution in [3.8, 4) is 0 Å². The molecule has 130 valence electrons. The summed E-state index contributed by atoms with van der Waals surface area (Å²) in [6, 6.07) is 14.4. The van der Waals surface area contributed by atoms with Crippen LogP contribution in [0.15, 0.2) is 48.5 Å². The molecule has 0 unspecified atom stereocenters. The molecular weight excluding hydrogens is 337 g/mol. The number of amides is 1. The summed E-state index contributed by atoms with van der Waals surface area (Å²) in [6.45, 7) is 1.94. The van der Waals surface area contributed by atoms with Gasteiger partial charge in [0.05, 0.1) is 5.69 Å². The molecule has 1 aliphatic rings. The molecule has 0 bridgehead atoms. The van der Waals surface area contributed by atoms with Crippen LogP contribution in [0.2, 0.25) is 0 Å². The number of nitrogens with one attached hydrogen (secondary N) is 2. The van der Waals surface area contributed by atoms with Crippen molar-refractivity contribution in [3.63, 3.8) is 0 Å². The number of carbonyl (C=O) groups is 1. The van der Waals surface area contributed by atoms with E-state index in [9.17, 15) is 9.18 Å². The molecule has 1 saturated heterocycles. The molecule has 1 fully saturated rings. The predicted octanol–water partition coefficient (Wildman–Crippen LogP) is 3.43. The molecule has 2 N–H and O–H groups in total. The van der Waals surface area contributed by atoms with E-state index in [1.54, 1.807) is 18.2 Å². The molecule has 0 aromatic heterocycles. The number of likely N-dealkylation sites (tertiary alicyclic amines) is 1.